The molecule has 0 aromatic carbocycles. The van der Waals surface area contributed by atoms with Crippen LogP contribution >= 0.6 is 11.3 Å². The lowest BCUT2D eigenvalue weighted by molar-refractivity contribution is 0.312. The van der Waals surface area contributed by atoms with Crippen LogP contribution in [0.1, 0.15) is 19.8 Å². The minimum Gasteiger partial charge on any atom is -0.356 e. The monoisotopic (exact) mass is 340 g/mol. The Bertz CT molecular complexity index is 751. The van der Waals surface area contributed by atoms with Gasteiger partial charge < -0.3 is 4.90 Å². The van der Waals surface area contributed by atoms with Gasteiger partial charge in [-0.2, -0.15) is 0 Å². The van der Waals surface area contributed by atoms with Crippen LogP contribution in [0.3, 0.4) is 0 Å². The lowest BCUT2D eigenvalue weighted by atomic mass is 10.1. The highest BCUT2D eigenvalue weighted by molar-refractivity contribution is 7.89. The van der Waals surface area contributed by atoms with E-state index in [2.05, 4.69) is 20.9 Å². The van der Waals surface area contributed by atoms with Gasteiger partial charge >= 0.3 is 0 Å². The summed E-state index contributed by atoms with van der Waals surface area (Å²) in [4.78, 5) is 11.9. The van der Waals surface area contributed by atoms with Crippen molar-refractivity contribution in [2.75, 3.05) is 30.8 Å². The number of rotatable bonds is 4. The fraction of sp³-hybridized carbons (Fsp3) is 0.571. The second-order valence-corrected chi connectivity index (χ2v) is 8.68. The highest BCUT2D eigenvalue weighted by Gasteiger charge is 2.29. The number of nitrogens with zero attached hydrogens (tertiary/aromatic N) is 4. The van der Waals surface area contributed by atoms with E-state index in [9.17, 15) is 8.42 Å². The molecule has 0 amide bonds. The molecule has 3 rings (SSSR count). The topological polar surface area (TPSA) is 66.4 Å². The lowest BCUT2D eigenvalue weighted by Gasteiger charge is -2.36. The number of fused-ring (bicyclic) bond motifs is 1. The van der Waals surface area contributed by atoms with Crippen LogP contribution in [-0.2, 0) is 10.0 Å². The molecule has 6 nitrogen and oxygen atoms in total. The second kappa shape index (κ2) is 6.10. The van der Waals surface area contributed by atoms with Gasteiger partial charge in [0.05, 0.1) is 11.1 Å². The molecule has 0 spiro atoms. The third-order valence-electron chi connectivity index (χ3n) is 4.32. The summed E-state index contributed by atoms with van der Waals surface area (Å²) >= 11 is 1.61. The van der Waals surface area contributed by atoms with Gasteiger partial charge in [0.2, 0.25) is 10.0 Å². The van der Waals surface area contributed by atoms with E-state index in [4.69, 9.17) is 0 Å². The molecule has 1 aliphatic rings. The van der Waals surface area contributed by atoms with E-state index in [1.807, 2.05) is 5.38 Å². The summed E-state index contributed by atoms with van der Waals surface area (Å²) in [6.45, 7) is 3.32. The fourth-order valence-electron chi connectivity index (χ4n) is 2.90. The predicted molar refractivity (Wildman–Crippen MR) is 89.9 cm³/mol. The molecule has 0 saturated carbocycles. The van der Waals surface area contributed by atoms with Crippen molar-refractivity contribution in [1.82, 2.24) is 14.3 Å². The average Bonchev–Trinajstić information content (AvgIpc) is 3.03. The molecule has 0 bridgehead atoms. The smallest absolute Gasteiger partial charge is 0.213 e. The normalized spacial score (nSPS) is 17.5. The van der Waals surface area contributed by atoms with Crippen LogP contribution in [0.5, 0.6) is 0 Å². The Morgan fingerprint density at radius 2 is 2.09 bits per heavy atom. The summed E-state index contributed by atoms with van der Waals surface area (Å²) in [6.07, 6.45) is 3.25. The fourth-order valence-corrected chi connectivity index (χ4v) is 4.70. The molecule has 0 atom stereocenters. The molecule has 0 radical (unpaired) electrons. The molecule has 2 aromatic rings. The van der Waals surface area contributed by atoms with Gasteiger partial charge in [0.1, 0.15) is 17.0 Å². The van der Waals surface area contributed by atoms with Crippen molar-refractivity contribution in [2.45, 2.75) is 25.8 Å². The molecule has 1 saturated heterocycles. The van der Waals surface area contributed by atoms with E-state index >= 15 is 0 Å². The van der Waals surface area contributed by atoms with E-state index in [1.165, 1.54) is 0 Å². The van der Waals surface area contributed by atoms with Gasteiger partial charge in [0, 0.05) is 26.2 Å². The zero-order valence-electron chi connectivity index (χ0n) is 12.8. The summed E-state index contributed by atoms with van der Waals surface area (Å²) < 4.78 is 25.5. The zero-order valence-corrected chi connectivity index (χ0v) is 14.4. The number of aromatic nitrogens is 2. The van der Waals surface area contributed by atoms with Gasteiger partial charge in [0.15, 0.2) is 0 Å². The van der Waals surface area contributed by atoms with E-state index in [0.29, 0.717) is 0 Å². The second-order valence-electron chi connectivity index (χ2n) is 5.47. The van der Waals surface area contributed by atoms with E-state index < -0.39 is 10.0 Å². The Hall–Kier alpha value is -1.25. The van der Waals surface area contributed by atoms with Crippen LogP contribution in [0.2, 0.25) is 0 Å². The quantitative estimate of drug-likeness (QED) is 0.851. The molecule has 0 unspecified atom stereocenters. The average molecular weight is 340 g/mol. The Kier molecular flexibility index (Phi) is 4.33. The van der Waals surface area contributed by atoms with Crippen molar-refractivity contribution in [3.8, 4) is 0 Å². The van der Waals surface area contributed by atoms with Gasteiger partial charge in [0.25, 0.3) is 0 Å². The molecule has 2 aromatic heterocycles. The molecule has 22 heavy (non-hydrogen) atoms. The molecular formula is C14H20N4O2S2. The maximum absolute atomic E-state index is 12.0. The molecule has 1 aliphatic heterocycles. The van der Waals surface area contributed by atoms with Gasteiger partial charge in [-0.3, -0.25) is 0 Å². The summed E-state index contributed by atoms with van der Waals surface area (Å²) in [7, 11) is -1.42. The molecule has 0 N–H and O–H groups in total. The van der Waals surface area contributed by atoms with Crippen molar-refractivity contribution in [3.05, 3.63) is 17.8 Å². The van der Waals surface area contributed by atoms with Crippen LogP contribution in [-0.4, -0.2) is 54.6 Å². The SMILES string of the molecule is CCS(=O)(=O)N(C)C1CCN(c2ncnc3sccc23)CC1. The molecule has 120 valence electrons. The number of thiophene rings is 1. The highest BCUT2D eigenvalue weighted by atomic mass is 32.2. The summed E-state index contributed by atoms with van der Waals surface area (Å²) in [5.41, 5.74) is 0. The van der Waals surface area contributed by atoms with Gasteiger partial charge in [-0.15, -0.1) is 11.3 Å². The number of hydrogen-bond acceptors (Lipinski definition) is 6. The van der Waals surface area contributed by atoms with Crippen molar-refractivity contribution in [1.29, 1.82) is 0 Å². The van der Waals surface area contributed by atoms with Crippen molar-refractivity contribution < 1.29 is 8.42 Å². The number of hydrogen-bond donors (Lipinski definition) is 0. The maximum Gasteiger partial charge on any atom is 0.213 e. The standard InChI is InChI=1S/C14H20N4O2S2/c1-3-22(19,20)17(2)11-4-7-18(8-5-11)13-12-6-9-21-14(12)16-10-15-13/h6,9-11H,3-5,7-8H2,1-2H3. The first-order valence-electron chi connectivity index (χ1n) is 7.42. The van der Waals surface area contributed by atoms with Crippen molar-refractivity contribution in [3.63, 3.8) is 0 Å². The van der Waals surface area contributed by atoms with Crippen molar-refractivity contribution >= 4 is 37.4 Å². The molecular weight excluding hydrogens is 320 g/mol. The van der Waals surface area contributed by atoms with Gasteiger partial charge in [-0.05, 0) is 31.2 Å². The first-order valence-corrected chi connectivity index (χ1v) is 9.90. The van der Waals surface area contributed by atoms with Crippen LogP contribution in [0, 0.1) is 0 Å². The van der Waals surface area contributed by atoms with Crippen molar-refractivity contribution in [2.24, 2.45) is 0 Å². The third-order valence-corrected chi connectivity index (χ3v) is 7.05. The number of anilines is 1. The Morgan fingerprint density at radius 1 is 1.36 bits per heavy atom. The molecule has 0 aliphatic carbocycles. The summed E-state index contributed by atoms with van der Waals surface area (Å²) in [5.74, 6) is 1.12. The van der Waals surface area contributed by atoms with Gasteiger partial charge in [-0.25, -0.2) is 22.7 Å². The lowest BCUT2D eigenvalue weighted by Crippen LogP contribution is -2.46. The first kappa shape index (κ1) is 15.6. The van der Waals surface area contributed by atoms with Crippen LogP contribution < -0.4 is 4.90 Å². The van der Waals surface area contributed by atoms with Crippen LogP contribution in [0.4, 0.5) is 5.82 Å². The molecule has 1 fully saturated rings. The number of sulfonamides is 1. The highest BCUT2D eigenvalue weighted by Crippen LogP contribution is 2.29. The zero-order chi connectivity index (χ0) is 15.7. The minimum absolute atomic E-state index is 0.0843. The number of piperidine rings is 1. The van der Waals surface area contributed by atoms with E-state index in [-0.39, 0.29) is 11.8 Å². The minimum atomic E-state index is -3.11. The van der Waals surface area contributed by atoms with Crippen LogP contribution in [0.25, 0.3) is 10.2 Å². The summed E-state index contributed by atoms with van der Waals surface area (Å²) in [5, 5.41) is 3.11. The Labute approximate surface area is 134 Å². The third kappa shape index (κ3) is 2.82. The molecule has 8 heteroatoms. The Morgan fingerprint density at radius 3 is 2.77 bits per heavy atom. The Balaban J connectivity index is 1.73. The molecule has 3 heterocycles. The van der Waals surface area contributed by atoms with E-state index in [0.717, 1.165) is 42.0 Å². The largest absolute Gasteiger partial charge is 0.356 e. The van der Waals surface area contributed by atoms with Gasteiger partial charge in [-0.1, -0.05) is 0 Å². The van der Waals surface area contributed by atoms with E-state index in [1.54, 1.807) is 35.9 Å². The first-order chi connectivity index (χ1) is 10.5. The van der Waals surface area contributed by atoms with Crippen LogP contribution in [0.15, 0.2) is 17.8 Å². The maximum atomic E-state index is 12.0. The predicted octanol–water partition coefficient (Wildman–Crippen LogP) is 1.94. The summed E-state index contributed by atoms with van der Waals surface area (Å²) in [6, 6.07) is 2.13.